The van der Waals surface area contributed by atoms with E-state index in [4.69, 9.17) is 104 Å². The van der Waals surface area contributed by atoms with Gasteiger partial charge in [0.15, 0.2) is 4.33 Å². The van der Waals surface area contributed by atoms with Crippen LogP contribution in [-0.2, 0) is 0 Å². The minimum Gasteiger partial charge on any atom is -0.121 e. The van der Waals surface area contributed by atoms with Gasteiger partial charge in [0.25, 0.3) is 0 Å². The van der Waals surface area contributed by atoms with E-state index in [2.05, 4.69) is 0 Å². The van der Waals surface area contributed by atoms with Crippen LogP contribution in [0.4, 0.5) is 0 Å². The number of alkyl halides is 7. The Morgan fingerprint density at radius 1 is 0.632 bits per heavy atom. The van der Waals surface area contributed by atoms with Crippen LogP contribution in [0.25, 0.3) is 0 Å². The second-order valence-electron chi connectivity index (χ2n) is 5.01. The van der Waals surface area contributed by atoms with E-state index in [1.54, 1.807) is 0 Å². The van der Waals surface area contributed by atoms with Crippen molar-refractivity contribution in [1.29, 1.82) is 0 Å². The summed E-state index contributed by atoms with van der Waals surface area (Å²) in [6, 6.07) is 0. The summed E-state index contributed by atoms with van der Waals surface area (Å²) in [5.74, 6) is -0.910. The first-order chi connectivity index (χ1) is 8.54. The lowest BCUT2D eigenvalue weighted by molar-refractivity contribution is 0.388. The van der Waals surface area contributed by atoms with Gasteiger partial charge in [-0.05, 0) is 0 Å². The highest BCUT2D eigenvalue weighted by Gasteiger charge is 2.86. The van der Waals surface area contributed by atoms with Crippen LogP contribution in [0.2, 0.25) is 0 Å². The van der Waals surface area contributed by atoms with Crippen molar-refractivity contribution in [2.24, 2.45) is 11.8 Å². The summed E-state index contributed by atoms with van der Waals surface area (Å²) in [7, 11) is 0. The summed E-state index contributed by atoms with van der Waals surface area (Å²) >= 11 is 57.4. The largest absolute Gasteiger partial charge is 0.166 e. The summed E-state index contributed by atoms with van der Waals surface area (Å²) in [4.78, 5) is -2.77. The molecular formula is C10H5Cl9. The molecule has 2 fully saturated rings. The maximum atomic E-state index is 6.63. The van der Waals surface area contributed by atoms with E-state index in [-0.39, 0.29) is 10.1 Å². The number of allylic oxidation sites excluding steroid dienone is 2. The van der Waals surface area contributed by atoms with Crippen LogP contribution >= 0.6 is 104 Å². The summed E-state index contributed by atoms with van der Waals surface area (Å²) < 4.78 is -1.61. The smallest absolute Gasteiger partial charge is 0.121 e. The molecule has 3 rings (SSSR count). The average molecular weight is 444 g/mol. The van der Waals surface area contributed by atoms with Gasteiger partial charge in [0.1, 0.15) is 9.75 Å². The van der Waals surface area contributed by atoms with Gasteiger partial charge in [-0.3, -0.25) is 0 Å². The molecule has 0 nitrogen and oxygen atoms in total. The standard InChI is InChI=1S/C10H5Cl9/c11-3-1-2(4(12)5(3)13)9(17)7(15)6(14)8(1,16)10(9,18)19/h1-5H/t1-,2+,3-,4+,5?,8-,9+. The Morgan fingerprint density at radius 2 is 0.947 bits per heavy atom. The van der Waals surface area contributed by atoms with Crippen molar-refractivity contribution >= 4 is 104 Å². The Labute approximate surface area is 155 Å². The van der Waals surface area contributed by atoms with Gasteiger partial charge < -0.3 is 0 Å². The predicted molar refractivity (Wildman–Crippen MR) is 86.2 cm³/mol. The molecule has 0 aromatic carbocycles. The second-order valence-corrected chi connectivity index (χ2v) is 9.80. The molecule has 3 aliphatic carbocycles. The van der Waals surface area contributed by atoms with Crippen molar-refractivity contribution in [3.8, 4) is 0 Å². The minimum atomic E-state index is -1.61. The van der Waals surface area contributed by atoms with Gasteiger partial charge in [0.2, 0.25) is 0 Å². The maximum absolute atomic E-state index is 6.63. The monoisotopic (exact) mass is 440 g/mol. The highest BCUT2D eigenvalue weighted by molar-refractivity contribution is 6.66. The maximum Gasteiger partial charge on any atom is 0.166 e. The van der Waals surface area contributed by atoms with Crippen molar-refractivity contribution in [3.63, 3.8) is 0 Å². The molecule has 0 aromatic rings. The average Bonchev–Trinajstić information content (AvgIpc) is 2.69. The molecular weight excluding hydrogens is 439 g/mol. The van der Waals surface area contributed by atoms with Gasteiger partial charge in [-0.2, -0.15) is 0 Å². The molecule has 108 valence electrons. The molecule has 0 heterocycles. The third-order valence-electron chi connectivity index (χ3n) is 4.35. The van der Waals surface area contributed by atoms with Crippen molar-refractivity contribution in [2.75, 3.05) is 0 Å². The highest BCUT2D eigenvalue weighted by atomic mass is 35.5. The van der Waals surface area contributed by atoms with Gasteiger partial charge in [0, 0.05) is 11.8 Å². The molecule has 0 N–H and O–H groups in total. The molecule has 1 unspecified atom stereocenters. The fourth-order valence-corrected chi connectivity index (χ4v) is 8.08. The van der Waals surface area contributed by atoms with Crippen molar-refractivity contribution < 1.29 is 0 Å². The van der Waals surface area contributed by atoms with Crippen LogP contribution in [0.1, 0.15) is 0 Å². The minimum absolute atomic E-state index is 0.123. The Morgan fingerprint density at radius 3 is 1.26 bits per heavy atom. The van der Waals surface area contributed by atoms with E-state index in [0.29, 0.717) is 0 Å². The van der Waals surface area contributed by atoms with Crippen LogP contribution in [0.15, 0.2) is 10.1 Å². The molecule has 0 spiro atoms. The highest BCUT2D eigenvalue weighted by Crippen LogP contribution is 2.79. The van der Waals surface area contributed by atoms with E-state index in [9.17, 15) is 0 Å². The van der Waals surface area contributed by atoms with Crippen LogP contribution < -0.4 is 0 Å². The van der Waals surface area contributed by atoms with Crippen molar-refractivity contribution in [1.82, 2.24) is 0 Å². The van der Waals surface area contributed by atoms with Crippen LogP contribution in [0, 0.1) is 11.8 Å². The Bertz CT molecular complexity index is 447. The number of halogens is 9. The molecule has 0 saturated heterocycles. The Hall–Kier alpha value is 2.35. The molecule has 0 aliphatic heterocycles. The van der Waals surface area contributed by atoms with Crippen LogP contribution in [-0.4, -0.2) is 30.2 Å². The van der Waals surface area contributed by atoms with Crippen molar-refractivity contribution in [3.05, 3.63) is 10.1 Å². The Balaban J connectivity index is 2.29. The molecule has 0 radical (unpaired) electrons. The first-order valence-electron chi connectivity index (χ1n) is 5.28. The lowest BCUT2D eigenvalue weighted by Gasteiger charge is -2.35. The van der Waals surface area contributed by atoms with Gasteiger partial charge in [-0.25, -0.2) is 0 Å². The molecule has 7 atom stereocenters. The number of hydrogen-bond donors (Lipinski definition) is 0. The summed E-state index contributed by atoms with van der Waals surface area (Å²) in [6.07, 6.45) is 0. The van der Waals surface area contributed by atoms with Gasteiger partial charge in [0.05, 0.1) is 26.2 Å². The number of fused-ring (bicyclic) bond motifs is 5. The molecule has 2 saturated carbocycles. The predicted octanol–water partition coefficient (Wildman–Crippen LogP) is 5.90. The molecule has 2 bridgehead atoms. The van der Waals surface area contributed by atoms with E-state index >= 15 is 0 Å². The first kappa shape index (κ1) is 16.2. The van der Waals surface area contributed by atoms with E-state index in [0.717, 1.165) is 0 Å². The normalized spacial score (nSPS) is 58.9. The Kier molecular flexibility index (Phi) is 3.80. The zero-order valence-corrected chi connectivity index (χ0v) is 15.6. The van der Waals surface area contributed by atoms with E-state index in [1.807, 2.05) is 0 Å². The lowest BCUT2D eigenvalue weighted by atomic mass is 9.84. The van der Waals surface area contributed by atoms with Crippen LogP contribution in [0.3, 0.4) is 0 Å². The zero-order chi connectivity index (χ0) is 14.5. The summed E-state index contributed by atoms with van der Waals surface area (Å²) in [5.41, 5.74) is 0. The SMILES string of the molecule is ClC1=C(Cl)[C@]2(Cl)[C@@H]3[C@@H]([C@H](Cl)C(Cl)[C@@H]3Cl)[C@@]1(Cl)C2(Cl)Cl. The molecule has 19 heavy (non-hydrogen) atoms. The molecule has 3 aliphatic rings. The topological polar surface area (TPSA) is 0 Å². The first-order valence-corrected chi connectivity index (χ1v) is 8.86. The lowest BCUT2D eigenvalue weighted by Crippen LogP contribution is -2.48. The number of rotatable bonds is 0. The summed E-state index contributed by atoms with van der Waals surface area (Å²) in [5, 5.41) is -1.38. The molecule has 9 heteroatoms. The van der Waals surface area contributed by atoms with E-state index in [1.165, 1.54) is 0 Å². The zero-order valence-electron chi connectivity index (χ0n) is 8.79. The summed E-state index contributed by atoms with van der Waals surface area (Å²) in [6.45, 7) is 0. The fourth-order valence-electron chi connectivity index (χ4n) is 3.47. The van der Waals surface area contributed by atoms with E-state index < -0.39 is 42.0 Å². The van der Waals surface area contributed by atoms with Crippen molar-refractivity contribution in [2.45, 2.75) is 30.2 Å². The number of hydrogen-bond acceptors (Lipinski definition) is 0. The third-order valence-corrected chi connectivity index (χ3v) is 10.5. The van der Waals surface area contributed by atoms with Gasteiger partial charge >= 0.3 is 0 Å². The van der Waals surface area contributed by atoms with Crippen LogP contribution in [0.5, 0.6) is 0 Å². The molecule has 0 aromatic heterocycles. The molecule has 0 amide bonds. The quantitative estimate of drug-likeness (QED) is 0.409. The second kappa shape index (κ2) is 4.46. The fraction of sp³-hybridized carbons (Fsp3) is 0.800. The van der Waals surface area contributed by atoms with Gasteiger partial charge in [-0.15, -0.1) is 58.0 Å². The van der Waals surface area contributed by atoms with Gasteiger partial charge in [-0.1, -0.05) is 46.4 Å². The third kappa shape index (κ3) is 1.47.